The summed E-state index contributed by atoms with van der Waals surface area (Å²) in [6.45, 7) is 4.11. The largest absolute Gasteiger partial charge is 0.495 e. The maximum Gasteiger partial charge on any atom is 0.265 e. The molecule has 0 atom stereocenters. The third-order valence-corrected chi connectivity index (χ3v) is 5.17. The number of hydrogen-bond donors (Lipinski definition) is 1. The van der Waals surface area contributed by atoms with Crippen molar-refractivity contribution < 1.29 is 17.7 Å². The molecule has 3 rings (SSSR count). The minimum absolute atomic E-state index is 0.0657. The number of aryl methyl sites for hydroxylation is 2. The molecule has 0 bridgehead atoms. The molecule has 0 radical (unpaired) electrons. The van der Waals surface area contributed by atoms with Crippen molar-refractivity contribution in [2.75, 3.05) is 11.8 Å². The summed E-state index contributed by atoms with van der Waals surface area (Å²) >= 11 is 0. The molecule has 0 aliphatic heterocycles. The molecule has 9 heteroatoms. The minimum Gasteiger partial charge on any atom is -0.495 e. The molecule has 0 amide bonds. The van der Waals surface area contributed by atoms with Crippen LogP contribution in [0.25, 0.3) is 0 Å². The first-order chi connectivity index (χ1) is 11.9. The number of nitrogens with zero attached hydrogens (tertiary/aromatic N) is 3. The smallest absolute Gasteiger partial charge is 0.265 e. The van der Waals surface area contributed by atoms with Crippen LogP contribution in [0.4, 0.5) is 5.69 Å². The van der Waals surface area contributed by atoms with E-state index in [4.69, 9.17) is 9.26 Å². The first kappa shape index (κ1) is 17.0. The zero-order valence-corrected chi connectivity index (χ0v) is 14.9. The van der Waals surface area contributed by atoms with E-state index in [2.05, 4.69) is 15.0 Å². The maximum atomic E-state index is 12.6. The van der Waals surface area contributed by atoms with Crippen molar-refractivity contribution in [3.63, 3.8) is 0 Å². The van der Waals surface area contributed by atoms with Crippen LogP contribution in [0, 0.1) is 13.8 Å². The molecule has 0 aliphatic carbocycles. The van der Waals surface area contributed by atoms with Gasteiger partial charge in [-0.2, -0.15) is 5.10 Å². The van der Waals surface area contributed by atoms with Crippen LogP contribution < -0.4 is 9.46 Å². The molecule has 0 saturated carbocycles. The molecular formula is C16H18N4O4S. The predicted molar refractivity (Wildman–Crippen MR) is 91.1 cm³/mol. The van der Waals surface area contributed by atoms with Crippen molar-refractivity contribution in [1.82, 2.24) is 14.9 Å². The van der Waals surface area contributed by atoms with Gasteiger partial charge in [0.2, 0.25) is 0 Å². The molecule has 0 fully saturated rings. The highest BCUT2D eigenvalue weighted by molar-refractivity contribution is 7.92. The molecule has 2 aromatic heterocycles. The Balaban J connectivity index is 1.81. The summed E-state index contributed by atoms with van der Waals surface area (Å²) in [5.41, 5.74) is 2.06. The fourth-order valence-electron chi connectivity index (χ4n) is 2.44. The van der Waals surface area contributed by atoms with Crippen molar-refractivity contribution >= 4 is 15.7 Å². The molecule has 2 heterocycles. The number of ether oxygens (including phenoxy) is 1. The highest BCUT2D eigenvalue weighted by Gasteiger charge is 2.20. The molecule has 0 saturated heterocycles. The van der Waals surface area contributed by atoms with E-state index in [0.717, 1.165) is 11.3 Å². The fourth-order valence-corrected chi connectivity index (χ4v) is 3.64. The van der Waals surface area contributed by atoms with E-state index in [0.29, 0.717) is 18.0 Å². The van der Waals surface area contributed by atoms with Crippen molar-refractivity contribution in [3.8, 4) is 5.75 Å². The quantitative estimate of drug-likeness (QED) is 0.722. The van der Waals surface area contributed by atoms with Gasteiger partial charge < -0.3 is 9.26 Å². The topological polar surface area (TPSA) is 99.2 Å². The first-order valence-electron chi connectivity index (χ1n) is 7.51. The molecule has 0 unspecified atom stereocenters. The Hall–Kier alpha value is -2.81. The van der Waals surface area contributed by atoms with Crippen molar-refractivity contribution in [2.45, 2.75) is 25.3 Å². The molecule has 1 N–H and O–H groups in total. The van der Waals surface area contributed by atoms with Crippen LogP contribution in [0.15, 0.2) is 46.1 Å². The van der Waals surface area contributed by atoms with Crippen LogP contribution in [-0.4, -0.2) is 30.5 Å². The number of benzene rings is 1. The standard InChI is InChI=1S/C16H18N4O4S/c1-11-14(12(2)24-18-11)10-20-9-13(8-17-20)19-25(21,22)16-7-5-4-6-15(16)23-3/h4-9,19H,10H2,1-3H3. The summed E-state index contributed by atoms with van der Waals surface area (Å²) in [4.78, 5) is 0.0657. The number of rotatable bonds is 6. The van der Waals surface area contributed by atoms with Crippen LogP contribution >= 0.6 is 0 Å². The fraction of sp³-hybridized carbons (Fsp3) is 0.250. The molecular weight excluding hydrogens is 344 g/mol. The van der Waals surface area contributed by atoms with Crippen molar-refractivity contribution in [3.05, 3.63) is 53.7 Å². The number of hydrogen-bond acceptors (Lipinski definition) is 6. The average Bonchev–Trinajstić information content (AvgIpc) is 3.15. The van der Waals surface area contributed by atoms with Crippen molar-refractivity contribution in [2.24, 2.45) is 0 Å². The Kier molecular flexibility index (Phi) is 4.49. The lowest BCUT2D eigenvalue weighted by Gasteiger charge is -2.09. The van der Waals surface area contributed by atoms with Gasteiger partial charge in [0.25, 0.3) is 10.0 Å². The summed E-state index contributed by atoms with van der Waals surface area (Å²) in [5.74, 6) is 0.988. The monoisotopic (exact) mass is 362 g/mol. The lowest BCUT2D eigenvalue weighted by molar-refractivity contribution is 0.391. The van der Waals surface area contributed by atoms with Crippen LogP contribution in [0.2, 0.25) is 0 Å². The molecule has 0 aliphatic rings. The second-order valence-electron chi connectivity index (χ2n) is 5.49. The van der Waals surface area contributed by atoms with Gasteiger partial charge in [0.15, 0.2) is 0 Å². The zero-order valence-electron chi connectivity index (χ0n) is 14.1. The minimum atomic E-state index is -3.78. The van der Waals surface area contributed by atoms with Gasteiger partial charge in [-0.1, -0.05) is 17.3 Å². The maximum absolute atomic E-state index is 12.6. The highest BCUT2D eigenvalue weighted by Crippen LogP contribution is 2.25. The molecule has 132 valence electrons. The van der Waals surface area contributed by atoms with E-state index in [-0.39, 0.29) is 10.6 Å². The van der Waals surface area contributed by atoms with E-state index < -0.39 is 10.0 Å². The van der Waals surface area contributed by atoms with Gasteiger partial charge >= 0.3 is 0 Å². The van der Waals surface area contributed by atoms with Gasteiger partial charge in [-0.15, -0.1) is 0 Å². The lowest BCUT2D eigenvalue weighted by Crippen LogP contribution is -2.13. The predicted octanol–water partition coefficient (Wildman–Crippen LogP) is 2.35. The molecule has 0 spiro atoms. The summed E-state index contributed by atoms with van der Waals surface area (Å²) < 4.78 is 39.5. The van der Waals surface area contributed by atoms with E-state index >= 15 is 0 Å². The van der Waals surface area contributed by atoms with Gasteiger partial charge in [-0.3, -0.25) is 9.40 Å². The van der Waals surface area contributed by atoms with E-state index in [1.165, 1.54) is 19.4 Å². The molecule has 1 aromatic carbocycles. The molecule has 3 aromatic rings. The Labute approximate surface area is 145 Å². The Morgan fingerprint density at radius 3 is 2.72 bits per heavy atom. The number of para-hydroxylation sites is 1. The second kappa shape index (κ2) is 6.60. The number of anilines is 1. The molecule has 8 nitrogen and oxygen atoms in total. The van der Waals surface area contributed by atoms with Crippen molar-refractivity contribution in [1.29, 1.82) is 0 Å². The number of methoxy groups -OCH3 is 1. The molecule has 25 heavy (non-hydrogen) atoms. The van der Waals surface area contributed by atoms with Gasteiger partial charge in [0.05, 0.1) is 31.2 Å². The highest BCUT2D eigenvalue weighted by atomic mass is 32.2. The zero-order chi connectivity index (χ0) is 18.0. The summed E-state index contributed by atoms with van der Waals surface area (Å²) in [6, 6.07) is 6.42. The third kappa shape index (κ3) is 3.50. The lowest BCUT2D eigenvalue weighted by atomic mass is 10.2. The third-order valence-electron chi connectivity index (χ3n) is 3.75. The van der Waals surface area contributed by atoms with Gasteiger partial charge in [-0.25, -0.2) is 8.42 Å². The van der Waals surface area contributed by atoms with Crippen LogP contribution in [-0.2, 0) is 16.6 Å². The van der Waals surface area contributed by atoms with Gasteiger partial charge in [0.1, 0.15) is 16.4 Å². The summed E-state index contributed by atoms with van der Waals surface area (Å²) in [7, 11) is -2.35. The van der Waals surface area contributed by atoms with E-state index in [1.807, 2.05) is 13.8 Å². The van der Waals surface area contributed by atoms with Crippen LogP contribution in [0.3, 0.4) is 0 Å². The van der Waals surface area contributed by atoms with Crippen LogP contribution in [0.5, 0.6) is 5.75 Å². The Bertz CT molecular complexity index is 972. The number of nitrogens with one attached hydrogen (secondary N) is 1. The van der Waals surface area contributed by atoms with E-state index in [1.54, 1.807) is 29.1 Å². The first-order valence-corrected chi connectivity index (χ1v) is 8.99. The number of sulfonamides is 1. The van der Waals surface area contributed by atoms with Crippen LogP contribution in [0.1, 0.15) is 17.0 Å². The van der Waals surface area contributed by atoms with E-state index in [9.17, 15) is 8.42 Å². The van der Waals surface area contributed by atoms with Gasteiger partial charge in [0, 0.05) is 11.8 Å². The Morgan fingerprint density at radius 2 is 2.04 bits per heavy atom. The van der Waals surface area contributed by atoms with Gasteiger partial charge in [-0.05, 0) is 26.0 Å². The average molecular weight is 362 g/mol. The Morgan fingerprint density at radius 1 is 1.28 bits per heavy atom. The number of aromatic nitrogens is 3. The summed E-state index contributed by atoms with van der Waals surface area (Å²) in [6.07, 6.45) is 3.06. The second-order valence-corrected chi connectivity index (χ2v) is 7.14. The normalized spacial score (nSPS) is 11.5. The SMILES string of the molecule is COc1ccccc1S(=O)(=O)Nc1cnn(Cc2c(C)noc2C)c1. The summed E-state index contributed by atoms with van der Waals surface area (Å²) in [5, 5.41) is 8.08.